The zero-order valence-electron chi connectivity index (χ0n) is 22.3. The number of benzene rings is 1. The summed E-state index contributed by atoms with van der Waals surface area (Å²) in [6, 6.07) is 8.63. The van der Waals surface area contributed by atoms with Crippen molar-refractivity contribution in [1.29, 1.82) is 0 Å². The maximum Gasteiger partial charge on any atom is 0.255 e. The molecule has 0 fully saturated rings. The number of carbonyl (C=O) groups excluding carboxylic acids is 2. The number of hydrogen-bond donors (Lipinski definition) is 1. The molecule has 37 heavy (non-hydrogen) atoms. The normalized spacial score (nSPS) is 14.7. The van der Waals surface area contributed by atoms with E-state index in [1.807, 2.05) is 32.9 Å². The lowest BCUT2D eigenvalue weighted by molar-refractivity contribution is -0.112. The number of allylic oxidation sites excluding steroid dienone is 3. The number of rotatable bonds is 9. The van der Waals surface area contributed by atoms with Gasteiger partial charge < -0.3 is 19.7 Å². The van der Waals surface area contributed by atoms with E-state index in [2.05, 4.69) is 29.0 Å². The summed E-state index contributed by atoms with van der Waals surface area (Å²) in [5, 5.41) is 2.67. The number of ketones is 1. The van der Waals surface area contributed by atoms with Crippen LogP contribution in [0.4, 0.5) is 11.5 Å². The van der Waals surface area contributed by atoms with E-state index in [1.54, 1.807) is 25.1 Å². The van der Waals surface area contributed by atoms with Crippen LogP contribution in [0.3, 0.4) is 0 Å². The molecule has 196 valence electrons. The fraction of sp³-hybridized carbons (Fsp3) is 0.357. The second-order valence-corrected chi connectivity index (χ2v) is 9.13. The standard InChI is InChI=1S/C28H33ClN4O4/c1-8-33(9-2)25-13-11-20(18(6)30-25)31-21-15-22(27(34)26(29)17(21)5)32-28(35)19-10-12-23(37-16(3)4)24(14-19)36-7/h10-16H,8-9H2,1-7H3,(H,32,35). The third-order valence-corrected chi connectivity index (χ3v) is 6.30. The molecule has 0 radical (unpaired) electrons. The molecule has 1 heterocycles. The molecule has 1 aromatic heterocycles. The Kier molecular flexibility index (Phi) is 9.10. The second kappa shape index (κ2) is 12.1. The Morgan fingerprint density at radius 1 is 1.14 bits per heavy atom. The molecule has 3 rings (SSSR count). The van der Waals surface area contributed by atoms with Crippen LogP contribution < -0.4 is 19.7 Å². The number of amides is 1. The van der Waals surface area contributed by atoms with Gasteiger partial charge in [-0.25, -0.2) is 9.98 Å². The van der Waals surface area contributed by atoms with E-state index >= 15 is 0 Å². The van der Waals surface area contributed by atoms with Crippen LogP contribution in [-0.2, 0) is 4.79 Å². The molecule has 2 aromatic rings. The summed E-state index contributed by atoms with van der Waals surface area (Å²) in [7, 11) is 1.50. The highest BCUT2D eigenvalue weighted by Gasteiger charge is 2.26. The fourth-order valence-electron chi connectivity index (χ4n) is 3.79. The first kappa shape index (κ1) is 27.9. The zero-order chi connectivity index (χ0) is 27.3. The highest BCUT2D eigenvalue weighted by molar-refractivity contribution is 6.49. The van der Waals surface area contributed by atoms with Gasteiger partial charge in [-0.05, 0) is 83.5 Å². The Hall–Kier alpha value is -3.65. The molecular weight excluding hydrogens is 492 g/mol. The Balaban J connectivity index is 1.91. The van der Waals surface area contributed by atoms with Crippen molar-refractivity contribution in [3.05, 3.63) is 64.0 Å². The minimum Gasteiger partial charge on any atom is -0.493 e. The third-order valence-electron chi connectivity index (χ3n) is 5.85. The molecule has 1 amide bonds. The molecule has 0 bridgehead atoms. The van der Waals surface area contributed by atoms with Crippen LogP contribution in [0.5, 0.6) is 11.5 Å². The monoisotopic (exact) mass is 524 g/mol. The van der Waals surface area contributed by atoms with Crippen molar-refractivity contribution in [2.24, 2.45) is 4.99 Å². The van der Waals surface area contributed by atoms with Crippen molar-refractivity contribution >= 4 is 40.5 Å². The highest BCUT2D eigenvalue weighted by Crippen LogP contribution is 2.30. The Labute approximate surface area is 223 Å². The van der Waals surface area contributed by atoms with Crippen molar-refractivity contribution in [1.82, 2.24) is 10.3 Å². The molecule has 0 spiro atoms. The van der Waals surface area contributed by atoms with Gasteiger partial charge in [-0.15, -0.1) is 0 Å². The van der Waals surface area contributed by atoms with Crippen molar-refractivity contribution in [2.75, 3.05) is 25.1 Å². The van der Waals surface area contributed by atoms with Crippen LogP contribution in [0, 0.1) is 6.92 Å². The van der Waals surface area contributed by atoms with E-state index in [1.165, 1.54) is 13.2 Å². The van der Waals surface area contributed by atoms with Gasteiger partial charge in [0.05, 0.1) is 41.0 Å². The number of pyridine rings is 1. The first-order valence-electron chi connectivity index (χ1n) is 12.2. The molecule has 9 heteroatoms. The number of nitrogens with zero attached hydrogens (tertiary/aromatic N) is 3. The SMILES string of the molecule is CCN(CC)c1ccc(N=C2C=C(NC(=O)c3ccc(OC(C)C)c(OC)c3)C(=O)C(Cl)=C2C)c(C)n1. The number of aliphatic imine (C=N–C) groups is 1. The van der Waals surface area contributed by atoms with Crippen molar-refractivity contribution in [3.63, 3.8) is 0 Å². The summed E-state index contributed by atoms with van der Waals surface area (Å²) < 4.78 is 11.1. The van der Waals surface area contributed by atoms with Gasteiger partial charge in [0.1, 0.15) is 5.82 Å². The molecule has 1 aliphatic rings. The van der Waals surface area contributed by atoms with E-state index < -0.39 is 11.7 Å². The van der Waals surface area contributed by atoms with Gasteiger partial charge in [-0.1, -0.05) is 11.6 Å². The minimum atomic E-state index is -0.487. The zero-order valence-corrected chi connectivity index (χ0v) is 23.1. The number of Topliss-reactive ketones (excluding diaryl/α,β-unsaturated/α-hetero) is 1. The molecule has 0 aliphatic heterocycles. The predicted octanol–water partition coefficient (Wildman–Crippen LogP) is 5.51. The fourth-order valence-corrected chi connectivity index (χ4v) is 3.99. The summed E-state index contributed by atoms with van der Waals surface area (Å²) >= 11 is 6.36. The Morgan fingerprint density at radius 2 is 1.84 bits per heavy atom. The van der Waals surface area contributed by atoms with Crippen LogP contribution >= 0.6 is 11.6 Å². The topological polar surface area (TPSA) is 93.1 Å². The quantitative estimate of drug-likeness (QED) is 0.434. The molecular formula is C28H33ClN4O4. The van der Waals surface area contributed by atoms with Gasteiger partial charge in [-0.2, -0.15) is 0 Å². The molecule has 1 N–H and O–H groups in total. The first-order chi connectivity index (χ1) is 17.6. The van der Waals surface area contributed by atoms with Gasteiger partial charge in [-0.3, -0.25) is 9.59 Å². The molecule has 0 saturated carbocycles. The number of methoxy groups -OCH3 is 1. The van der Waals surface area contributed by atoms with Crippen molar-refractivity contribution < 1.29 is 19.1 Å². The van der Waals surface area contributed by atoms with E-state index in [4.69, 9.17) is 26.1 Å². The van der Waals surface area contributed by atoms with Crippen LogP contribution in [0.2, 0.25) is 0 Å². The summed E-state index contributed by atoms with van der Waals surface area (Å²) in [5.41, 5.74) is 2.72. The van der Waals surface area contributed by atoms with Crippen molar-refractivity contribution in [3.8, 4) is 11.5 Å². The smallest absolute Gasteiger partial charge is 0.255 e. The number of nitrogens with one attached hydrogen (secondary N) is 1. The molecule has 1 aliphatic carbocycles. The number of ether oxygens (including phenoxy) is 2. The first-order valence-corrected chi connectivity index (χ1v) is 12.6. The lowest BCUT2D eigenvalue weighted by atomic mass is 10.0. The average Bonchev–Trinajstić information content (AvgIpc) is 2.87. The second-order valence-electron chi connectivity index (χ2n) is 8.76. The lowest BCUT2D eigenvalue weighted by Gasteiger charge is -2.20. The number of halogens is 1. The van der Waals surface area contributed by atoms with E-state index in [0.717, 1.165) is 24.6 Å². The van der Waals surface area contributed by atoms with Crippen molar-refractivity contribution in [2.45, 2.75) is 47.6 Å². The van der Waals surface area contributed by atoms with E-state index in [-0.39, 0.29) is 16.8 Å². The van der Waals surface area contributed by atoms with E-state index in [9.17, 15) is 9.59 Å². The Bertz CT molecular complexity index is 1290. The lowest BCUT2D eigenvalue weighted by Crippen LogP contribution is -2.31. The molecule has 0 unspecified atom stereocenters. The summed E-state index contributed by atoms with van der Waals surface area (Å²) in [6.45, 7) is 13.3. The van der Waals surface area contributed by atoms with Gasteiger partial charge in [0.2, 0.25) is 5.78 Å². The van der Waals surface area contributed by atoms with Crippen LogP contribution in [-0.4, -0.2) is 48.7 Å². The summed E-state index contributed by atoms with van der Waals surface area (Å²) in [6.07, 6.45) is 1.48. The van der Waals surface area contributed by atoms with Crippen LogP contribution in [0.1, 0.15) is 50.7 Å². The Morgan fingerprint density at radius 3 is 2.43 bits per heavy atom. The summed E-state index contributed by atoms with van der Waals surface area (Å²) in [4.78, 5) is 37.4. The number of hydrogen-bond acceptors (Lipinski definition) is 7. The van der Waals surface area contributed by atoms with Gasteiger partial charge in [0.25, 0.3) is 5.91 Å². The predicted molar refractivity (Wildman–Crippen MR) is 147 cm³/mol. The largest absolute Gasteiger partial charge is 0.493 e. The summed E-state index contributed by atoms with van der Waals surface area (Å²) in [5.74, 6) is 0.842. The maximum atomic E-state index is 13.0. The number of aryl methyl sites for hydroxylation is 1. The van der Waals surface area contributed by atoms with Gasteiger partial charge in [0, 0.05) is 18.7 Å². The maximum absolute atomic E-state index is 13.0. The number of aromatic nitrogens is 1. The average molecular weight is 525 g/mol. The number of anilines is 1. The molecule has 8 nitrogen and oxygen atoms in total. The molecule has 0 saturated heterocycles. The highest BCUT2D eigenvalue weighted by atomic mass is 35.5. The minimum absolute atomic E-state index is 0.000172. The van der Waals surface area contributed by atoms with Crippen LogP contribution in [0.25, 0.3) is 0 Å². The molecule has 0 atom stereocenters. The van der Waals surface area contributed by atoms with Gasteiger partial charge >= 0.3 is 0 Å². The third kappa shape index (κ3) is 6.38. The van der Waals surface area contributed by atoms with E-state index in [0.29, 0.717) is 34.0 Å². The van der Waals surface area contributed by atoms with Gasteiger partial charge in [0.15, 0.2) is 11.5 Å². The number of carbonyl (C=O) groups is 2. The van der Waals surface area contributed by atoms with Crippen LogP contribution in [0.15, 0.2) is 57.7 Å². The molecule has 1 aromatic carbocycles.